The van der Waals surface area contributed by atoms with Crippen LogP contribution in [0, 0.1) is 6.92 Å². The summed E-state index contributed by atoms with van der Waals surface area (Å²) < 4.78 is 11.4. The highest BCUT2D eigenvalue weighted by atomic mass is 16.5. The zero-order valence-corrected chi connectivity index (χ0v) is 16.1. The second-order valence-electron chi connectivity index (χ2n) is 6.79. The van der Waals surface area contributed by atoms with Gasteiger partial charge in [-0.25, -0.2) is 0 Å². The Bertz CT molecular complexity index is 712. The highest BCUT2D eigenvalue weighted by Crippen LogP contribution is 2.16. The van der Waals surface area contributed by atoms with E-state index in [0.29, 0.717) is 6.54 Å². The van der Waals surface area contributed by atoms with Gasteiger partial charge in [0.1, 0.15) is 11.5 Å². The highest BCUT2D eigenvalue weighted by Gasteiger charge is 2.13. The number of amides is 1. The molecule has 2 aromatic carbocycles. The van der Waals surface area contributed by atoms with Crippen molar-refractivity contribution < 1.29 is 14.3 Å². The molecule has 26 heavy (non-hydrogen) atoms. The maximum Gasteiger partial charge on any atom is 0.260 e. The minimum absolute atomic E-state index is 0.0941. The van der Waals surface area contributed by atoms with E-state index in [9.17, 15) is 4.79 Å². The van der Waals surface area contributed by atoms with Gasteiger partial charge in [-0.2, -0.15) is 0 Å². The van der Waals surface area contributed by atoms with E-state index < -0.39 is 6.10 Å². The predicted molar refractivity (Wildman–Crippen MR) is 105 cm³/mol. The Morgan fingerprint density at radius 1 is 1.00 bits per heavy atom. The Morgan fingerprint density at radius 2 is 1.69 bits per heavy atom. The molecule has 4 heteroatoms. The van der Waals surface area contributed by atoms with Crippen molar-refractivity contribution in [2.45, 2.75) is 52.7 Å². The van der Waals surface area contributed by atoms with Gasteiger partial charge in [-0.1, -0.05) is 24.3 Å². The van der Waals surface area contributed by atoms with Crippen LogP contribution < -0.4 is 14.8 Å². The molecule has 1 amide bonds. The van der Waals surface area contributed by atoms with Crippen molar-refractivity contribution in [1.29, 1.82) is 0 Å². The molecule has 4 nitrogen and oxygen atoms in total. The Morgan fingerprint density at radius 3 is 2.38 bits per heavy atom. The Labute approximate surface area is 156 Å². The van der Waals surface area contributed by atoms with Gasteiger partial charge in [0.25, 0.3) is 5.91 Å². The molecule has 2 rings (SSSR count). The van der Waals surface area contributed by atoms with Gasteiger partial charge in [0.05, 0.1) is 6.10 Å². The number of carbonyl (C=O) groups excluding carboxylic acids is 1. The standard InChI is InChI=1S/C22H29NO3/c1-16(2)25-21-12-6-9-19(15-21)10-7-13-23-22(24)18(4)26-20-11-5-8-17(3)14-20/h5-6,8-9,11-12,14-16,18H,7,10,13H2,1-4H3,(H,23,24)/t18-/m0/s1. The van der Waals surface area contributed by atoms with Crippen molar-refractivity contribution in [1.82, 2.24) is 5.32 Å². The molecule has 0 spiro atoms. The minimum Gasteiger partial charge on any atom is -0.491 e. The SMILES string of the molecule is Cc1cccc(O[C@@H](C)C(=O)NCCCc2cccc(OC(C)C)c2)c1. The van der Waals surface area contributed by atoms with Crippen LogP contribution in [-0.2, 0) is 11.2 Å². The first-order valence-electron chi connectivity index (χ1n) is 9.20. The Balaban J connectivity index is 1.72. The lowest BCUT2D eigenvalue weighted by atomic mass is 10.1. The Hall–Kier alpha value is -2.49. The number of hydrogen-bond acceptors (Lipinski definition) is 3. The summed E-state index contributed by atoms with van der Waals surface area (Å²) in [6, 6.07) is 15.8. The molecule has 0 heterocycles. The fourth-order valence-corrected chi connectivity index (χ4v) is 2.64. The second kappa shape index (κ2) is 9.85. The molecule has 1 N–H and O–H groups in total. The zero-order valence-electron chi connectivity index (χ0n) is 16.1. The molecule has 0 radical (unpaired) electrons. The smallest absolute Gasteiger partial charge is 0.260 e. The number of hydrogen-bond donors (Lipinski definition) is 1. The summed E-state index contributed by atoms with van der Waals surface area (Å²) in [5, 5.41) is 2.94. The van der Waals surface area contributed by atoms with Crippen LogP contribution in [0.15, 0.2) is 48.5 Å². The van der Waals surface area contributed by atoms with E-state index in [-0.39, 0.29) is 12.0 Å². The fourth-order valence-electron chi connectivity index (χ4n) is 2.64. The molecule has 1 atom stereocenters. The van der Waals surface area contributed by atoms with Gasteiger partial charge in [0, 0.05) is 6.54 Å². The van der Waals surface area contributed by atoms with Crippen molar-refractivity contribution in [3.05, 3.63) is 59.7 Å². The first-order valence-corrected chi connectivity index (χ1v) is 9.20. The molecule has 0 bridgehead atoms. The van der Waals surface area contributed by atoms with Crippen molar-refractivity contribution in [2.24, 2.45) is 0 Å². The molecule has 0 aliphatic heterocycles. The van der Waals surface area contributed by atoms with E-state index in [1.54, 1.807) is 6.92 Å². The summed E-state index contributed by atoms with van der Waals surface area (Å²) in [6.45, 7) is 8.42. The first kappa shape index (κ1) is 19.8. The summed E-state index contributed by atoms with van der Waals surface area (Å²) in [4.78, 5) is 12.2. The lowest BCUT2D eigenvalue weighted by molar-refractivity contribution is -0.127. The first-order chi connectivity index (χ1) is 12.4. The van der Waals surface area contributed by atoms with Gasteiger partial charge in [-0.15, -0.1) is 0 Å². The van der Waals surface area contributed by atoms with Gasteiger partial charge in [-0.3, -0.25) is 4.79 Å². The summed E-state index contributed by atoms with van der Waals surface area (Å²) in [6.07, 6.45) is 1.41. The van der Waals surface area contributed by atoms with Gasteiger partial charge < -0.3 is 14.8 Å². The van der Waals surface area contributed by atoms with Crippen LogP contribution >= 0.6 is 0 Å². The van der Waals surface area contributed by atoms with Gasteiger partial charge in [-0.05, 0) is 75.9 Å². The van der Waals surface area contributed by atoms with Crippen LogP contribution in [0.5, 0.6) is 11.5 Å². The maximum absolute atomic E-state index is 12.2. The molecule has 0 fully saturated rings. The van der Waals surface area contributed by atoms with E-state index in [0.717, 1.165) is 29.9 Å². The van der Waals surface area contributed by atoms with Gasteiger partial charge in [0.2, 0.25) is 0 Å². The van der Waals surface area contributed by atoms with Crippen LogP contribution in [-0.4, -0.2) is 24.7 Å². The average molecular weight is 355 g/mol. The molecule has 140 valence electrons. The third-order valence-electron chi connectivity index (χ3n) is 3.88. The number of aryl methyl sites for hydroxylation is 2. The molecule has 0 aliphatic carbocycles. The molecule has 0 aliphatic rings. The normalized spacial score (nSPS) is 11.9. The average Bonchev–Trinajstić information content (AvgIpc) is 2.58. The van der Waals surface area contributed by atoms with Crippen molar-refractivity contribution >= 4 is 5.91 Å². The summed E-state index contributed by atoms with van der Waals surface area (Å²) in [5.74, 6) is 1.51. The molecule has 2 aromatic rings. The topological polar surface area (TPSA) is 47.6 Å². The van der Waals surface area contributed by atoms with Crippen LogP contribution in [0.3, 0.4) is 0 Å². The lowest BCUT2D eigenvalue weighted by Crippen LogP contribution is -2.36. The largest absolute Gasteiger partial charge is 0.491 e. The summed E-state index contributed by atoms with van der Waals surface area (Å²) in [7, 11) is 0. The van der Waals surface area contributed by atoms with Gasteiger partial charge in [0.15, 0.2) is 6.10 Å². The minimum atomic E-state index is -0.514. The number of benzene rings is 2. The molecular formula is C22H29NO3. The summed E-state index contributed by atoms with van der Waals surface area (Å²) >= 11 is 0. The van der Waals surface area contributed by atoms with Crippen LogP contribution in [0.25, 0.3) is 0 Å². The Kier molecular flexibility index (Phi) is 7.52. The van der Waals surface area contributed by atoms with Crippen molar-refractivity contribution in [3.63, 3.8) is 0 Å². The molecule has 0 unspecified atom stereocenters. The lowest BCUT2D eigenvalue weighted by Gasteiger charge is -2.15. The van der Waals surface area contributed by atoms with Crippen molar-refractivity contribution in [3.8, 4) is 11.5 Å². The van der Waals surface area contributed by atoms with E-state index in [1.807, 2.05) is 57.2 Å². The zero-order chi connectivity index (χ0) is 18.9. The van der Waals surface area contributed by atoms with E-state index in [4.69, 9.17) is 9.47 Å². The number of rotatable bonds is 9. The fraction of sp³-hybridized carbons (Fsp3) is 0.409. The predicted octanol–water partition coefficient (Wildman–Crippen LogP) is 4.30. The number of carbonyl (C=O) groups is 1. The quantitative estimate of drug-likeness (QED) is 0.682. The van der Waals surface area contributed by atoms with Crippen LogP contribution in [0.2, 0.25) is 0 Å². The molecule has 0 saturated heterocycles. The number of nitrogens with one attached hydrogen (secondary N) is 1. The van der Waals surface area contributed by atoms with E-state index >= 15 is 0 Å². The highest BCUT2D eigenvalue weighted by molar-refractivity contribution is 5.80. The van der Waals surface area contributed by atoms with E-state index in [2.05, 4.69) is 17.4 Å². The monoisotopic (exact) mass is 355 g/mol. The van der Waals surface area contributed by atoms with Crippen molar-refractivity contribution in [2.75, 3.05) is 6.54 Å². The second-order valence-corrected chi connectivity index (χ2v) is 6.79. The molecular weight excluding hydrogens is 326 g/mol. The summed E-state index contributed by atoms with van der Waals surface area (Å²) in [5.41, 5.74) is 2.32. The van der Waals surface area contributed by atoms with E-state index in [1.165, 1.54) is 5.56 Å². The van der Waals surface area contributed by atoms with Gasteiger partial charge >= 0.3 is 0 Å². The third kappa shape index (κ3) is 6.79. The van der Waals surface area contributed by atoms with Crippen LogP contribution in [0.1, 0.15) is 38.3 Å². The molecule has 0 saturated carbocycles. The maximum atomic E-state index is 12.2. The van der Waals surface area contributed by atoms with Crippen LogP contribution in [0.4, 0.5) is 0 Å². The number of ether oxygens (including phenoxy) is 2. The third-order valence-corrected chi connectivity index (χ3v) is 3.88. The molecule has 0 aromatic heterocycles.